The average Bonchev–Trinajstić information content (AvgIpc) is 2.22. The Hall–Kier alpha value is -1.42. The van der Waals surface area contributed by atoms with Gasteiger partial charge in [-0.3, -0.25) is 4.79 Å². The topological polar surface area (TPSA) is 49.3 Å². The summed E-state index contributed by atoms with van der Waals surface area (Å²) in [6.45, 7) is 5.42. The van der Waals surface area contributed by atoms with E-state index in [2.05, 4.69) is 5.32 Å². The highest BCUT2D eigenvalue weighted by molar-refractivity contribution is 5.91. The third kappa shape index (κ3) is 4.15. The molecule has 1 rings (SSSR count). The summed E-state index contributed by atoms with van der Waals surface area (Å²) in [4.78, 5) is 11.5. The average molecular weight is 239 g/mol. The lowest BCUT2D eigenvalue weighted by Gasteiger charge is -2.14. The molecule has 0 heterocycles. The van der Waals surface area contributed by atoms with Gasteiger partial charge in [-0.05, 0) is 30.5 Å². The summed E-state index contributed by atoms with van der Waals surface area (Å²) in [5, 5.41) is 12.0. The molecule has 0 saturated carbocycles. The van der Waals surface area contributed by atoms with Gasteiger partial charge in [0, 0.05) is 0 Å². The molecule has 0 aromatic heterocycles. The van der Waals surface area contributed by atoms with Gasteiger partial charge in [0.1, 0.15) is 5.82 Å². The fourth-order valence-corrected chi connectivity index (χ4v) is 1.35. The molecule has 0 fully saturated rings. The highest BCUT2D eigenvalue weighted by Gasteiger charge is 2.15. The van der Waals surface area contributed by atoms with Crippen LogP contribution in [0, 0.1) is 18.7 Å². The standard InChI is InChI=1S/C13H18FNO2/c1-8(2)12(16)7-13(17)15-11-5-4-9(3)6-10(11)14/h4-6,8,12,16H,7H2,1-3H3,(H,15,17). The number of anilines is 1. The lowest BCUT2D eigenvalue weighted by molar-refractivity contribution is -0.118. The molecule has 0 aliphatic heterocycles. The fourth-order valence-electron chi connectivity index (χ4n) is 1.35. The van der Waals surface area contributed by atoms with Crippen molar-refractivity contribution in [3.05, 3.63) is 29.6 Å². The number of hydrogen-bond donors (Lipinski definition) is 2. The largest absolute Gasteiger partial charge is 0.392 e. The second-order valence-corrected chi connectivity index (χ2v) is 4.55. The first-order chi connectivity index (χ1) is 7.90. The van der Waals surface area contributed by atoms with E-state index in [4.69, 9.17) is 0 Å². The van der Waals surface area contributed by atoms with Gasteiger partial charge in [0.2, 0.25) is 5.91 Å². The first-order valence-corrected chi connectivity index (χ1v) is 5.64. The SMILES string of the molecule is Cc1ccc(NC(=O)CC(O)C(C)C)c(F)c1. The van der Waals surface area contributed by atoms with E-state index in [1.165, 1.54) is 12.1 Å². The number of halogens is 1. The molecule has 4 heteroatoms. The highest BCUT2D eigenvalue weighted by atomic mass is 19.1. The maximum atomic E-state index is 13.4. The van der Waals surface area contributed by atoms with Crippen LogP contribution in [0.2, 0.25) is 0 Å². The number of aryl methyl sites for hydroxylation is 1. The van der Waals surface area contributed by atoms with Crippen molar-refractivity contribution in [2.75, 3.05) is 5.32 Å². The van der Waals surface area contributed by atoms with Crippen LogP contribution in [-0.4, -0.2) is 17.1 Å². The van der Waals surface area contributed by atoms with Crippen molar-refractivity contribution in [3.8, 4) is 0 Å². The molecule has 1 unspecified atom stereocenters. The molecule has 0 bridgehead atoms. The van der Waals surface area contributed by atoms with Gasteiger partial charge in [-0.1, -0.05) is 19.9 Å². The van der Waals surface area contributed by atoms with Crippen LogP contribution in [0.4, 0.5) is 10.1 Å². The molecule has 1 amide bonds. The zero-order valence-electron chi connectivity index (χ0n) is 10.3. The molecule has 0 spiro atoms. The van der Waals surface area contributed by atoms with Gasteiger partial charge < -0.3 is 10.4 Å². The summed E-state index contributed by atoms with van der Waals surface area (Å²) in [7, 11) is 0. The molecule has 17 heavy (non-hydrogen) atoms. The van der Waals surface area contributed by atoms with Gasteiger partial charge in [0.15, 0.2) is 0 Å². The van der Waals surface area contributed by atoms with Crippen LogP contribution in [0.1, 0.15) is 25.8 Å². The molecule has 94 valence electrons. The second-order valence-electron chi connectivity index (χ2n) is 4.55. The minimum Gasteiger partial charge on any atom is -0.392 e. The molecule has 2 N–H and O–H groups in total. The van der Waals surface area contributed by atoms with E-state index in [-0.39, 0.29) is 23.9 Å². The smallest absolute Gasteiger partial charge is 0.227 e. The third-order valence-corrected chi connectivity index (χ3v) is 2.56. The summed E-state index contributed by atoms with van der Waals surface area (Å²) in [5.74, 6) is -0.838. The molecule has 0 aliphatic carbocycles. The summed E-state index contributed by atoms with van der Waals surface area (Å²) in [6, 6.07) is 4.59. The Kier molecular flexibility index (Phi) is 4.63. The van der Waals surface area contributed by atoms with Gasteiger partial charge in [-0.25, -0.2) is 4.39 Å². The lowest BCUT2D eigenvalue weighted by atomic mass is 10.0. The minimum absolute atomic E-state index is 0.00335. The quantitative estimate of drug-likeness (QED) is 0.848. The van der Waals surface area contributed by atoms with Crippen LogP contribution in [0.15, 0.2) is 18.2 Å². The van der Waals surface area contributed by atoms with E-state index >= 15 is 0 Å². The van der Waals surface area contributed by atoms with E-state index in [0.29, 0.717) is 0 Å². The summed E-state index contributed by atoms with van der Waals surface area (Å²) in [6.07, 6.45) is -0.728. The Morgan fingerprint density at radius 1 is 1.47 bits per heavy atom. The first-order valence-electron chi connectivity index (χ1n) is 5.64. The van der Waals surface area contributed by atoms with Crippen molar-refractivity contribution in [1.29, 1.82) is 0 Å². The van der Waals surface area contributed by atoms with Crippen molar-refractivity contribution in [1.82, 2.24) is 0 Å². The Morgan fingerprint density at radius 2 is 2.12 bits per heavy atom. The fraction of sp³-hybridized carbons (Fsp3) is 0.462. The molecular weight excluding hydrogens is 221 g/mol. The summed E-state index contributed by atoms with van der Waals surface area (Å²) in [5.41, 5.74) is 0.944. The van der Waals surface area contributed by atoms with Gasteiger partial charge in [-0.2, -0.15) is 0 Å². The van der Waals surface area contributed by atoms with Crippen LogP contribution in [0.5, 0.6) is 0 Å². The van der Waals surface area contributed by atoms with Crippen molar-refractivity contribution >= 4 is 11.6 Å². The molecule has 0 aliphatic rings. The van der Waals surface area contributed by atoms with Crippen molar-refractivity contribution in [2.45, 2.75) is 33.3 Å². The van der Waals surface area contributed by atoms with Crippen LogP contribution in [0.3, 0.4) is 0 Å². The molecule has 1 aromatic rings. The number of nitrogens with one attached hydrogen (secondary N) is 1. The maximum Gasteiger partial charge on any atom is 0.227 e. The predicted octanol–water partition coefficient (Wildman–Crippen LogP) is 2.48. The number of aliphatic hydroxyl groups excluding tert-OH is 1. The van der Waals surface area contributed by atoms with Crippen LogP contribution in [0.25, 0.3) is 0 Å². The summed E-state index contributed by atoms with van der Waals surface area (Å²) < 4.78 is 13.4. The number of benzene rings is 1. The Morgan fingerprint density at radius 3 is 2.65 bits per heavy atom. The number of carbonyl (C=O) groups is 1. The van der Waals surface area contributed by atoms with Crippen molar-refractivity contribution in [2.24, 2.45) is 5.92 Å². The van der Waals surface area contributed by atoms with E-state index < -0.39 is 11.9 Å². The third-order valence-electron chi connectivity index (χ3n) is 2.56. The van der Waals surface area contributed by atoms with Gasteiger partial charge in [0.05, 0.1) is 18.2 Å². The number of carbonyl (C=O) groups excluding carboxylic acids is 1. The van der Waals surface area contributed by atoms with Crippen LogP contribution >= 0.6 is 0 Å². The lowest BCUT2D eigenvalue weighted by Crippen LogP contribution is -2.24. The van der Waals surface area contributed by atoms with Gasteiger partial charge in [0.25, 0.3) is 0 Å². The van der Waals surface area contributed by atoms with E-state index in [1.54, 1.807) is 13.0 Å². The molecule has 3 nitrogen and oxygen atoms in total. The second kappa shape index (κ2) is 5.77. The summed E-state index contributed by atoms with van der Waals surface area (Å²) >= 11 is 0. The number of rotatable bonds is 4. The van der Waals surface area contributed by atoms with Crippen molar-refractivity contribution < 1.29 is 14.3 Å². The Labute approximate surface area is 101 Å². The first kappa shape index (κ1) is 13.6. The molecular formula is C13H18FNO2. The van der Waals surface area contributed by atoms with E-state index in [0.717, 1.165) is 5.56 Å². The van der Waals surface area contributed by atoms with Gasteiger partial charge in [-0.15, -0.1) is 0 Å². The molecule has 0 radical (unpaired) electrons. The van der Waals surface area contributed by atoms with Crippen LogP contribution < -0.4 is 5.32 Å². The monoisotopic (exact) mass is 239 g/mol. The van der Waals surface area contributed by atoms with Gasteiger partial charge >= 0.3 is 0 Å². The van der Waals surface area contributed by atoms with E-state index in [1.807, 2.05) is 13.8 Å². The number of aliphatic hydroxyl groups is 1. The maximum absolute atomic E-state index is 13.4. The molecule has 1 aromatic carbocycles. The molecule has 0 saturated heterocycles. The van der Waals surface area contributed by atoms with E-state index in [9.17, 15) is 14.3 Å². The Balaban J connectivity index is 2.62. The zero-order chi connectivity index (χ0) is 13.0. The highest BCUT2D eigenvalue weighted by Crippen LogP contribution is 2.16. The predicted molar refractivity (Wildman–Crippen MR) is 65.2 cm³/mol. The van der Waals surface area contributed by atoms with Crippen molar-refractivity contribution in [3.63, 3.8) is 0 Å². The number of hydrogen-bond acceptors (Lipinski definition) is 2. The zero-order valence-corrected chi connectivity index (χ0v) is 10.3. The Bertz CT molecular complexity index is 404. The number of amides is 1. The minimum atomic E-state index is -0.705. The van der Waals surface area contributed by atoms with Crippen LogP contribution in [-0.2, 0) is 4.79 Å². The molecule has 1 atom stereocenters. The normalized spacial score (nSPS) is 12.6.